The highest BCUT2D eigenvalue weighted by atomic mass is 35.5. The minimum Gasteiger partial charge on any atom is -0.493 e. The van der Waals surface area contributed by atoms with Crippen molar-refractivity contribution >= 4 is 41.1 Å². The predicted molar refractivity (Wildman–Crippen MR) is 210 cm³/mol. The smallest absolute Gasteiger partial charge is 0.344 e. The van der Waals surface area contributed by atoms with Crippen LogP contribution in [0.25, 0.3) is 0 Å². The van der Waals surface area contributed by atoms with E-state index in [-0.39, 0.29) is 30.6 Å². The van der Waals surface area contributed by atoms with E-state index in [2.05, 4.69) is 10.2 Å². The third-order valence-electron chi connectivity index (χ3n) is 10.3. The zero-order valence-electron chi connectivity index (χ0n) is 31.2. The highest BCUT2D eigenvalue weighted by Crippen LogP contribution is 2.36. The van der Waals surface area contributed by atoms with Gasteiger partial charge in [-0.25, -0.2) is 14.4 Å². The number of piperidine rings is 3. The van der Waals surface area contributed by atoms with Crippen molar-refractivity contribution in [3.63, 3.8) is 0 Å². The second-order valence-corrected chi connectivity index (χ2v) is 14.6. The molecule has 55 heavy (non-hydrogen) atoms. The number of nitrogens with zero attached hydrogens (tertiary/aromatic N) is 1. The lowest BCUT2D eigenvalue weighted by Gasteiger charge is -2.44. The molecule has 290 valence electrons. The quantitative estimate of drug-likeness (QED) is 0.0895. The van der Waals surface area contributed by atoms with Gasteiger partial charge in [0.25, 0.3) is 0 Å². The van der Waals surface area contributed by atoms with E-state index in [0.717, 1.165) is 55.6 Å². The van der Waals surface area contributed by atoms with E-state index in [4.69, 9.17) is 46.9 Å². The van der Waals surface area contributed by atoms with Crippen LogP contribution < -0.4 is 14.8 Å². The Hall–Kier alpha value is -4.61. The number of rotatable bonds is 16. The van der Waals surface area contributed by atoms with Gasteiger partial charge in [0.1, 0.15) is 18.2 Å². The van der Waals surface area contributed by atoms with Gasteiger partial charge in [0.15, 0.2) is 18.1 Å². The minimum absolute atomic E-state index is 0.120. The molecule has 4 aromatic carbocycles. The zero-order chi connectivity index (χ0) is 38.9. The number of benzene rings is 4. The molecule has 0 amide bonds. The van der Waals surface area contributed by atoms with Crippen LogP contribution in [0.15, 0.2) is 84.9 Å². The van der Waals surface area contributed by atoms with Crippen molar-refractivity contribution in [2.45, 2.75) is 57.4 Å². The van der Waals surface area contributed by atoms with Crippen LogP contribution in [-0.2, 0) is 43.2 Å². The summed E-state index contributed by atoms with van der Waals surface area (Å²) in [5, 5.41) is 4.24. The number of hydrogen-bond donors (Lipinski definition) is 1. The van der Waals surface area contributed by atoms with Gasteiger partial charge in [-0.05, 0) is 102 Å². The monoisotopic (exact) mass is 788 g/mol. The Balaban J connectivity index is 1.10. The lowest BCUT2D eigenvalue weighted by Crippen LogP contribution is -2.52. The van der Waals surface area contributed by atoms with Crippen LogP contribution in [0.5, 0.6) is 11.5 Å². The summed E-state index contributed by atoms with van der Waals surface area (Å²) in [6, 6.07) is 24.5. The minimum atomic E-state index is -0.849. The number of halogens is 2. The number of carbonyl (C=O) groups is 3. The Bertz CT molecular complexity index is 1940. The molecule has 0 spiro atoms. The summed E-state index contributed by atoms with van der Waals surface area (Å²) in [5.74, 6) is -0.461. The zero-order valence-corrected chi connectivity index (χ0v) is 32.7. The van der Waals surface area contributed by atoms with Gasteiger partial charge in [-0.3, -0.25) is 10.2 Å². The first-order valence-corrected chi connectivity index (χ1v) is 19.3. The first kappa shape index (κ1) is 40.1. The van der Waals surface area contributed by atoms with Crippen molar-refractivity contribution in [1.82, 2.24) is 10.2 Å². The van der Waals surface area contributed by atoms with Crippen molar-refractivity contribution in [3.05, 3.63) is 128 Å². The Labute approximate surface area is 331 Å². The Morgan fingerprint density at radius 1 is 0.836 bits per heavy atom. The Morgan fingerprint density at radius 3 is 2.22 bits per heavy atom. The molecule has 0 aliphatic carbocycles. The number of esters is 3. The molecule has 7 rings (SSSR count). The van der Waals surface area contributed by atoms with E-state index in [1.807, 2.05) is 55.5 Å². The molecule has 3 heterocycles. The summed E-state index contributed by atoms with van der Waals surface area (Å²) in [6.45, 7) is 4.51. The number of hydrogen-bond acceptors (Lipinski definition) is 10. The maximum absolute atomic E-state index is 13.6. The molecular weight excluding hydrogens is 743 g/mol. The third-order valence-corrected chi connectivity index (χ3v) is 11.0. The number of fused-ring (bicyclic) bond motifs is 3. The van der Waals surface area contributed by atoms with Crippen molar-refractivity contribution < 1.29 is 38.1 Å². The molecule has 3 saturated heterocycles. The maximum atomic E-state index is 13.6. The van der Waals surface area contributed by atoms with Crippen LogP contribution in [0.4, 0.5) is 0 Å². The summed E-state index contributed by atoms with van der Waals surface area (Å²) in [5.41, 5.74) is 3.96. The van der Waals surface area contributed by atoms with Crippen LogP contribution in [0, 0.1) is 5.92 Å². The fourth-order valence-electron chi connectivity index (χ4n) is 7.19. The van der Waals surface area contributed by atoms with E-state index in [1.165, 1.54) is 14.2 Å². The Kier molecular flexibility index (Phi) is 13.7. The van der Waals surface area contributed by atoms with Crippen molar-refractivity contribution in [1.29, 1.82) is 0 Å². The number of ether oxygens (including phenoxy) is 5. The molecule has 3 atom stereocenters. The average molecular weight is 790 g/mol. The van der Waals surface area contributed by atoms with Crippen molar-refractivity contribution in [2.75, 3.05) is 40.5 Å². The average Bonchev–Trinajstić information content (AvgIpc) is 3.21. The molecule has 2 bridgehead atoms. The van der Waals surface area contributed by atoms with Crippen molar-refractivity contribution in [3.8, 4) is 11.5 Å². The van der Waals surface area contributed by atoms with E-state index in [0.29, 0.717) is 38.6 Å². The third kappa shape index (κ3) is 10.2. The highest BCUT2D eigenvalue weighted by molar-refractivity contribution is 6.36. The molecule has 4 aromatic rings. The summed E-state index contributed by atoms with van der Waals surface area (Å²) in [6.07, 6.45) is 2.02. The molecule has 0 radical (unpaired) electrons. The fraction of sp³-hybridized carbons (Fsp3) is 0.372. The second kappa shape index (κ2) is 18.8. The van der Waals surface area contributed by atoms with Crippen molar-refractivity contribution in [2.24, 2.45) is 5.92 Å². The van der Waals surface area contributed by atoms with E-state index in [1.54, 1.807) is 36.4 Å². The molecule has 1 N–H and O–H groups in total. The topological polar surface area (TPSA) is 113 Å². The molecule has 3 aliphatic rings. The van der Waals surface area contributed by atoms with E-state index in [9.17, 15) is 14.4 Å². The van der Waals surface area contributed by atoms with Crippen LogP contribution >= 0.6 is 23.2 Å². The molecule has 3 aliphatic heterocycles. The van der Waals surface area contributed by atoms with Gasteiger partial charge in [0.05, 0.1) is 19.8 Å². The first-order valence-electron chi connectivity index (χ1n) is 18.5. The molecule has 12 heteroatoms. The molecule has 0 aromatic heterocycles. The van der Waals surface area contributed by atoms with E-state index < -0.39 is 30.7 Å². The van der Waals surface area contributed by atoms with Gasteiger partial charge in [-0.2, -0.15) is 0 Å². The van der Waals surface area contributed by atoms with Gasteiger partial charge in [-0.15, -0.1) is 0 Å². The Morgan fingerprint density at radius 2 is 1.56 bits per heavy atom. The lowest BCUT2D eigenvalue weighted by molar-refractivity contribution is -0.161. The molecule has 10 nitrogen and oxygen atoms in total. The number of aryl methyl sites for hydroxylation is 1. The van der Waals surface area contributed by atoms with Gasteiger partial charge in [-0.1, -0.05) is 78.7 Å². The summed E-state index contributed by atoms with van der Waals surface area (Å²) in [7, 11) is 3.04. The highest BCUT2D eigenvalue weighted by Gasteiger charge is 2.38. The summed E-state index contributed by atoms with van der Waals surface area (Å²) in [4.78, 5) is 42.4. The lowest BCUT2D eigenvalue weighted by atomic mass is 9.86. The van der Waals surface area contributed by atoms with Gasteiger partial charge < -0.3 is 23.7 Å². The van der Waals surface area contributed by atoms with Crippen LogP contribution in [0.1, 0.15) is 70.1 Å². The van der Waals surface area contributed by atoms with Crippen LogP contribution in [0.3, 0.4) is 0 Å². The number of methoxy groups -OCH3 is 2. The van der Waals surface area contributed by atoms with Gasteiger partial charge in [0, 0.05) is 29.6 Å². The summed E-state index contributed by atoms with van der Waals surface area (Å²) >= 11 is 13.3. The largest absolute Gasteiger partial charge is 0.493 e. The van der Waals surface area contributed by atoms with E-state index >= 15 is 0 Å². The molecule has 0 saturated carbocycles. The molecule has 3 fully saturated rings. The normalized spacial score (nSPS) is 18.5. The SMILES string of the molecule is CCc1cc(Cl)c(CC(OC(=O)COC(=O)c2cccc(CNC(C(=O)OC3CN4CCC3CC4)c3ccccc3)c2)c2ccc(OC)c(OC)c2)c(Cl)c1. The fourth-order valence-corrected chi connectivity index (χ4v) is 7.88. The van der Waals surface area contributed by atoms with Crippen LogP contribution in [0.2, 0.25) is 10.0 Å². The summed E-state index contributed by atoms with van der Waals surface area (Å²) < 4.78 is 28.3. The van der Waals surface area contributed by atoms with Crippen LogP contribution in [-0.4, -0.2) is 69.4 Å². The number of carbonyl (C=O) groups excluding carboxylic acids is 3. The second-order valence-electron chi connectivity index (χ2n) is 13.8. The van der Waals surface area contributed by atoms with Gasteiger partial charge in [0.2, 0.25) is 0 Å². The standard InChI is InChI=1S/C43H46Cl2N2O8/c1-4-27-20-34(44)33(35(45)21-27)23-37(31-13-14-36(51-2)38(22-31)52-3)54-40(48)26-53-42(49)32-12-8-9-28(19-32)24-46-41(30-10-6-5-7-11-30)43(50)55-39-25-47-17-15-29(39)16-18-47/h5-14,19-22,29,37,39,41,46H,4,15-18,23-26H2,1-3H3. The first-order chi connectivity index (χ1) is 26.6. The predicted octanol–water partition coefficient (Wildman–Crippen LogP) is 7.73. The van der Waals surface area contributed by atoms with Gasteiger partial charge >= 0.3 is 17.9 Å². The maximum Gasteiger partial charge on any atom is 0.344 e. The molecular formula is C43H46Cl2N2O8. The molecule has 3 unspecified atom stereocenters. The number of nitrogens with one attached hydrogen (secondary N) is 1.